The average molecular weight is 333 g/mol. The molecular weight excluding hydrogens is 314 g/mol. The van der Waals surface area contributed by atoms with Crippen LogP contribution in [0.5, 0.6) is 5.75 Å². The molecule has 2 aromatic carbocycles. The molecule has 0 fully saturated rings. The van der Waals surface area contributed by atoms with Crippen molar-refractivity contribution in [3.05, 3.63) is 84.2 Å². The number of carbonyl (C=O) groups excluding carboxylic acids is 1. The molecule has 1 heterocycles. The third-order valence-electron chi connectivity index (χ3n) is 3.70. The van der Waals surface area contributed by atoms with E-state index in [0.717, 1.165) is 16.7 Å². The second-order valence-electron chi connectivity index (χ2n) is 5.44. The van der Waals surface area contributed by atoms with Crippen LogP contribution in [0, 0.1) is 0 Å². The van der Waals surface area contributed by atoms with Crippen molar-refractivity contribution >= 4 is 5.97 Å². The summed E-state index contributed by atoms with van der Waals surface area (Å²) in [6, 6.07) is 19.0. The Hall–Kier alpha value is -3.14. The lowest BCUT2D eigenvalue weighted by Gasteiger charge is -2.12. The molecule has 0 unspecified atom stereocenters. The van der Waals surface area contributed by atoms with Crippen LogP contribution in [0.3, 0.4) is 0 Å². The maximum atomic E-state index is 12.4. The van der Waals surface area contributed by atoms with Gasteiger partial charge in [-0.05, 0) is 42.3 Å². The van der Waals surface area contributed by atoms with Gasteiger partial charge >= 0.3 is 5.97 Å². The van der Waals surface area contributed by atoms with E-state index in [4.69, 9.17) is 9.47 Å². The standard InChI is InChI=1S/C21H19NO3/c1-2-24-21(23)20-13-18(25-15-16-7-6-12-22-14-16)10-11-19(20)17-8-4-3-5-9-17/h3-14H,2,15H2,1H3. The average Bonchev–Trinajstić information content (AvgIpc) is 2.68. The Kier molecular flexibility index (Phi) is 5.42. The summed E-state index contributed by atoms with van der Waals surface area (Å²) in [6.07, 6.45) is 3.47. The summed E-state index contributed by atoms with van der Waals surface area (Å²) in [5.74, 6) is 0.264. The van der Waals surface area contributed by atoms with E-state index in [1.54, 1.807) is 25.4 Å². The molecule has 0 spiro atoms. The summed E-state index contributed by atoms with van der Waals surface area (Å²) in [7, 11) is 0. The minimum atomic E-state index is -0.354. The van der Waals surface area contributed by atoms with E-state index >= 15 is 0 Å². The molecule has 25 heavy (non-hydrogen) atoms. The number of ether oxygens (including phenoxy) is 2. The van der Waals surface area contributed by atoms with Gasteiger partial charge in [0.25, 0.3) is 0 Å². The Morgan fingerprint density at radius 1 is 1.04 bits per heavy atom. The lowest BCUT2D eigenvalue weighted by Crippen LogP contribution is -2.07. The summed E-state index contributed by atoms with van der Waals surface area (Å²) in [5.41, 5.74) is 3.25. The molecule has 0 saturated carbocycles. The highest BCUT2D eigenvalue weighted by atomic mass is 16.5. The lowest BCUT2D eigenvalue weighted by molar-refractivity contribution is 0.0526. The number of rotatable bonds is 6. The van der Waals surface area contributed by atoms with Crippen LogP contribution in [0.1, 0.15) is 22.8 Å². The second kappa shape index (κ2) is 8.11. The molecular formula is C21H19NO3. The first-order valence-corrected chi connectivity index (χ1v) is 8.16. The highest BCUT2D eigenvalue weighted by Crippen LogP contribution is 2.28. The van der Waals surface area contributed by atoms with Crippen LogP contribution in [-0.4, -0.2) is 17.6 Å². The van der Waals surface area contributed by atoms with Gasteiger partial charge in [0, 0.05) is 18.0 Å². The van der Waals surface area contributed by atoms with Gasteiger partial charge in [-0.15, -0.1) is 0 Å². The van der Waals surface area contributed by atoms with Crippen LogP contribution in [0.2, 0.25) is 0 Å². The van der Waals surface area contributed by atoms with Gasteiger partial charge in [0.2, 0.25) is 0 Å². The quantitative estimate of drug-likeness (QED) is 0.623. The van der Waals surface area contributed by atoms with Crippen molar-refractivity contribution < 1.29 is 14.3 Å². The molecule has 0 amide bonds. The minimum absolute atomic E-state index is 0.327. The first-order chi connectivity index (χ1) is 12.3. The fourth-order valence-electron chi connectivity index (χ4n) is 2.51. The molecule has 0 N–H and O–H groups in total. The van der Waals surface area contributed by atoms with Gasteiger partial charge in [0.1, 0.15) is 12.4 Å². The van der Waals surface area contributed by atoms with Crippen LogP contribution in [-0.2, 0) is 11.3 Å². The third-order valence-corrected chi connectivity index (χ3v) is 3.70. The van der Waals surface area contributed by atoms with Crippen LogP contribution in [0.25, 0.3) is 11.1 Å². The molecule has 3 rings (SSSR count). The summed E-state index contributed by atoms with van der Waals surface area (Å²) >= 11 is 0. The zero-order valence-corrected chi connectivity index (χ0v) is 14.0. The summed E-state index contributed by atoms with van der Waals surface area (Å²) in [5, 5.41) is 0. The fraction of sp³-hybridized carbons (Fsp3) is 0.143. The first-order valence-electron chi connectivity index (χ1n) is 8.16. The number of hydrogen-bond acceptors (Lipinski definition) is 4. The van der Waals surface area contributed by atoms with Crippen molar-refractivity contribution in [1.82, 2.24) is 4.98 Å². The summed E-state index contributed by atoms with van der Waals surface area (Å²) in [6.45, 7) is 2.51. The van der Waals surface area contributed by atoms with Crippen molar-refractivity contribution in [3.63, 3.8) is 0 Å². The van der Waals surface area contributed by atoms with Crippen molar-refractivity contribution in [3.8, 4) is 16.9 Å². The van der Waals surface area contributed by atoms with Gasteiger partial charge in [-0.3, -0.25) is 4.98 Å². The van der Waals surface area contributed by atoms with Gasteiger partial charge in [0.15, 0.2) is 0 Å². The number of benzene rings is 2. The molecule has 4 nitrogen and oxygen atoms in total. The smallest absolute Gasteiger partial charge is 0.338 e. The molecule has 0 aliphatic rings. The summed E-state index contributed by atoms with van der Waals surface area (Å²) in [4.78, 5) is 16.4. The van der Waals surface area contributed by atoms with Gasteiger partial charge < -0.3 is 9.47 Å². The Balaban J connectivity index is 1.89. The van der Waals surface area contributed by atoms with Crippen LogP contribution < -0.4 is 4.74 Å². The Morgan fingerprint density at radius 3 is 2.60 bits per heavy atom. The molecule has 0 aliphatic heterocycles. The summed E-state index contributed by atoms with van der Waals surface area (Å²) < 4.78 is 11.0. The van der Waals surface area contributed by atoms with Gasteiger partial charge in [-0.25, -0.2) is 4.79 Å². The molecule has 4 heteroatoms. The van der Waals surface area contributed by atoms with E-state index in [1.165, 1.54) is 0 Å². The maximum absolute atomic E-state index is 12.4. The number of hydrogen-bond donors (Lipinski definition) is 0. The molecule has 126 valence electrons. The number of nitrogens with zero attached hydrogens (tertiary/aromatic N) is 1. The van der Waals surface area contributed by atoms with Crippen molar-refractivity contribution in [1.29, 1.82) is 0 Å². The first kappa shape index (κ1) is 16.7. The SMILES string of the molecule is CCOC(=O)c1cc(OCc2cccnc2)ccc1-c1ccccc1. The normalized spacial score (nSPS) is 10.3. The van der Waals surface area contributed by atoms with Crippen molar-refractivity contribution in [2.45, 2.75) is 13.5 Å². The topological polar surface area (TPSA) is 48.4 Å². The van der Waals surface area contributed by atoms with Crippen LogP contribution in [0.4, 0.5) is 0 Å². The van der Waals surface area contributed by atoms with E-state index in [0.29, 0.717) is 24.5 Å². The molecule has 0 saturated heterocycles. The third kappa shape index (κ3) is 4.23. The Morgan fingerprint density at radius 2 is 1.88 bits per heavy atom. The predicted molar refractivity (Wildman–Crippen MR) is 96.4 cm³/mol. The molecule has 0 atom stereocenters. The van der Waals surface area contributed by atoms with Gasteiger partial charge in [-0.1, -0.05) is 36.4 Å². The van der Waals surface area contributed by atoms with Crippen LogP contribution >= 0.6 is 0 Å². The van der Waals surface area contributed by atoms with E-state index in [9.17, 15) is 4.79 Å². The van der Waals surface area contributed by atoms with Gasteiger partial charge in [0.05, 0.1) is 12.2 Å². The van der Waals surface area contributed by atoms with Crippen molar-refractivity contribution in [2.75, 3.05) is 6.61 Å². The number of pyridine rings is 1. The zero-order valence-electron chi connectivity index (χ0n) is 14.0. The molecule has 0 bridgehead atoms. The number of aromatic nitrogens is 1. The maximum Gasteiger partial charge on any atom is 0.338 e. The Labute approximate surface area is 147 Å². The predicted octanol–water partition coefficient (Wildman–Crippen LogP) is 4.50. The minimum Gasteiger partial charge on any atom is -0.489 e. The molecule has 3 aromatic rings. The highest BCUT2D eigenvalue weighted by Gasteiger charge is 2.15. The van der Waals surface area contributed by atoms with E-state index in [1.807, 2.05) is 54.6 Å². The van der Waals surface area contributed by atoms with Crippen molar-refractivity contribution in [2.24, 2.45) is 0 Å². The largest absolute Gasteiger partial charge is 0.489 e. The fourth-order valence-corrected chi connectivity index (χ4v) is 2.51. The van der Waals surface area contributed by atoms with E-state index in [2.05, 4.69) is 4.98 Å². The Bertz CT molecular complexity index is 832. The molecule has 1 aromatic heterocycles. The monoisotopic (exact) mass is 333 g/mol. The second-order valence-corrected chi connectivity index (χ2v) is 5.44. The molecule has 0 radical (unpaired) electrons. The number of carbonyl (C=O) groups is 1. The highest BCUT2D eigenvalue weighted by molar-refractivity contribution is 5.97. The lowest BCUT2D eigenvalue weighted by atomic mass is 9.99. The van der Waals surface area contributed by atoms with E-state index < -0.39 is 0 Å². The molecule has 0 aliphatic carbocycles. The van der Waals surface area contributed by atoms with E-state index in [-0.39, 0.29) is 5.97 Å². The number of esters is 1. The van der Waals surface area contributed by atoms with Crippen LogP contribution in [0.15, 0.2) is 73.1 Å². The zero-order chi connectivity index (χ0) is 17.5. The van der Waals surface area contributed by atoms with Gasteiger partial charge in [-0.2, -0.15) is 0 Å².